The summed E-state index contributed by atoms with van der Waals surface area (Å²) in [5.41, 5.74) is 6.64. The number of hydrogen-bond donors (Lipinski definition) is 1. The second-order valence-electron chi connectivity index (χ2n) is 3.96. The molecule has 3 heteroatoms. The Morgan fingerprint density at radius 2 is 1.94 bits per heavy atom. The highest BCUT2D eigenvalue weighted by atomic mass is 79.9. The van der Waals surface area contributed by atoms with Gasteiger partial charge in [0.1, 0.15) is 5.75 Å². The number of hydrogen-bond acceptors (Lipinski definition) is 2. The van der Waals surface area contributed by atoms with E-state index in [0.29, 0.717) is 0 Å². The van der Waals surface area contributed by atoms with Crippen LogP contribution in [0, 0.1) is 6.92 Å². The molecule has 0 aliphatic carbocycles. The third kappa shape index (κ3) is 4.99. The molecule has 16 heavy (non-hydrogen) atoms. The van der Waals surface area contributed by atoms with Gasteiger partial charge in [-0.05, 0) is 50.1 Å². The Morgan fingerprint density at radius 3 is 2.62 bits per heavy atom. The van der Waals surface area contributed by atoms with Gasteiger partial charge in [-0.2, -0.15) is 0 Å². The van der Waals surface area contributed by atoms with Crippen molar-refractivity contribution >= 4 is 15.9 Å². The summed E-state index contributed by atoms with van der Waals surface area (Å²) in [4.78, 5) is 0. The SMILES string of the molecule is Cc1cc(OCCCCCCN)ccc1Br. The fourth-order valence-electron chi connectivity index (χ4n) is 1.50. The van der Waals surface area contributed by atoms with Gasteiger partial charge in [-0.3, -0.25) is 0 Å². The van der Waals surface area contributed by atoms with E-state index in [9.17, 15) is 0 Å². The van der Waals surface area contributed by atoms with Gasteiger partial charge in [0.05, 0.1) is 6.61 Å². The summed E-state index contributed by atoms with van der Waals surface area (Å²) < 4.78 is 6.80. The van der Waals surface area contributed by atoms with Gasteiger partial charge in [0.2, 0.25) is 0 Å². The summed E-state index contributed by atoms with van der Waals surface area (Å²) in [5, 5.41) is 0. The van der Waals surface area contributed by atoms with Crippen molar-refractivity contribution in [2.75, 3.05) is 13.2 Å². The molecule has 1 aromatic carbocycles. The average molecular weight is 286 g/mol. The molecule has 0 saturated heterocycles. The van der Waals surface area contributed by atoms with Crippen LogP contribution in [0.4, 0.5) is 0 Å². The van der Waals surface area contributed by atoms with Crippen LogP contribution in [0.2, 0.25) is 0 Å². The van der Waals surface area contributed by atoms with Crippen LogP contribution >= 0.6 is 15.9 Å². The number of aryl methyl sites for hydroxylation is 1. The van der Waals surface area contributed by atoms with E-state index in [4.69, 9.17) is 10.5 Å². The van der Waals surface area contributed by atoms with Crippen molar-refractivity contribution in [2.45, 2.75) is 32.6 Å². The summed E-state index contributed by atoms with van der Waals surface area (Å²) in [6.45, 7) is 3.66. The van der Waals surface area contributed by atoms with E-state index >= 15 is 0 Å². The molecule has 0 fully saturated rings. The van der Waals surface area contributed by atoms with Crippen LogP contribution in [0.25, 0.3) is 0 Å². The van der Waals surface area contributed by atoms with Crippen LogP contribution in [-0.2, 0) is 0 Å². The highest BCUT2D eigenvalue weighted by Crippen LogP contribution is 2.21. The fraction of sp³-hybridized carbons (Fsp3) is 0.538. The monoisotopic (exact) mass is 285 g/mol. The minimum atomic E-state index is 0.797. The highest BCUT2D eigenvalue weighted by Gasteiger charge is 1.98. The van der Waals surface area contributed by atoms with E-state index < -0.39 is 0 Å². The maximum absolute atomic E-state index is 5.67. The van der Waals surface area contributed by atoms with E-state index in [1.54, 1.807) is 0 Å². The number of halogens is 1. The van der Waals surface area contributed by atoms with E-state index in [1.807, 2.05) is 12.1 Å². The predicted octanol–water partition coefficient (Wildman–Crippen LogP) is 3.66. The smallest absolute Gasteiger partial charge is 0.119 e. The average Bonchev–Trinajstić information content (AvgIpc) is 2.28. The van der Waals surface area contributed by atoms with Crippen LogP contribution < -0.4 is 10.5 Å². The first-order valence-corrected chi connectivity index (χ1v) is 6.62. The van der Waals surface area contributed by atoms with E-state index in [2.05, 4.69) is 28.9 Å². The Bertz CT molecular complexity index is 315. The lowest BCUT2D eigenvalue weighted by Gasteiger charge is -2.07. The summed E-state index contributed by atoms with van der Waals surface area (Å²) in [6, 6.07) is 6.08. The van der Waals surface area contributed by atoms with Gasteiger partial charge in [-0.15, -0.1) is 0 Å². The number of nitrogens with two attached hydrogens (primary N) is 1. The molecule has 0 atom stereocenters. The van der Waals surface area contributed by atoms with Crippen LogP contribution in [0.5, 0.6) is 5.75 Å². The Labute approximate surface area is 106 Å². The molecule has 1 rings (SSSR count). The van der Waals surface area contributed by atoms with Gasteiger partial charge in [-0.1, -0.05) is 28.8 Å². The molecule has 90 valence electrons. The first-order chi connectivity index (χ1) is 7.74. The van der Waals surface area contributed by atoms with Gasteiger partial charge in [0.15, 0.2) is 0 Å². The molecule has 0 radical (unpaired) electrons. The largest absolute Gasteiger partial charge is 0.494 e. The lowest BCUT2D eigenvalue weighted by atomic mass is 10.2. The van der Waals surface area contributed by atoms with Crippen LogP contribution in [-0.4, -0.2) is 13.2 Å². The molecule has 0 unspecified atom stereocenters. The Kier molecular flexibility index (Phi) is 6.50. The Morgan fingerprint density at radius 1 is 1.19 bits per heavy atom. The van der Waals surface area contributed by atoms with Crippen molar-refractivity contribution in [3.63, 3.8) is 0 Å². The van der Waals surface area contributed by atoms with E-state index in [0.717, 1.165) is 36.2 Å². The molecule has 0 aromatic heterocycles. The topological polar surface area (TPSA) is 35.2 Å². The molecule has 2 N–H and O–H groups in total. The van der Waals surface area contributed by atoms with Gasteiger partial charge in [0.25, 0.3) is 0 Å². The van der Waals surface area contributed by atoms with Gasteiger partial charge in [-0.25, -0.2) is 0 Å². The first kappa shape index (κ1) is 13.5. The van der Waals surface area contributed by atoms with Crippen molar-refractivity contribution in [3.05, 3.63) is 28.2 Å². The highest BCUT2D eigenvalue weighted by molar-refractivity contribution is 9.10. The summed E-state index contributed by atoms with van der Waals surface area (Å²) >= 11 is 3.47. The van der Waals surface area contributed by atoms with Crippen molar-refractivity contribution in [2.24, 2.45) is 5.73 Å². The minimum absolute atomic E-state index is 0.797. The lowest BCUT2D eigenvalue weighted by molar-refractivity contribution is 0.304. The number of ether oxygens (including phenoxy) is 1. The quantitative estimate of drug-likeness (QED) is 0.776. The second kappa shape index (κ2) is 7.69. The van der Waals surface area contributed by atoms with Crippen LogP contribution in [0.15, 0.2) is 22.7 Å². The molecule has 0 aliphatic rings. The molecule has 0 amide bonds. The van der Waals surface area contributed by atoms with Crippen molar-refractivity contribution in [1.29, 1.82) is 0 Å². The van der Waals surface area contributed by atoms with Gasteiger partial charge in [0, 0.05) is 4.47 Å². The normalized spacial score (nSPS) is 10.4. The molecule has 0 aliphatic heterocycles. The first-order valence-electron chi connectivity index (χ1n) is 5.83. The second-order valence-corrected chi connectivity index (χ2v) is 4.82. The molecule has 0 saturated carbocycles. The maximum Gasteiger partial charge on any atom is 0.119 e. The van der Waals surface area contributed by atoms with Crippen molar-refractivity contribution in [1.82, 2.24) is 0 Å². The summed E-state index contributed by atoms with van der Waals surface area (Å²) in [7, 11) is 0. The number of benzene rings is 1. The maximum atomic E-state index is 5.67. The van der Waals surface area contributed by atoms with Crippen molar-refractivity contribution in [3.8, 4) is 5.75 Å². The fourth-order valence-corrected chi connectivity index (χ4v) is 1.74. The molecule has 0 bridgehead atoms. The van der Waals surface area contributed by atoms with Crippen LogP contribution in [0.1, 0.15) is 31.2 Å². The Hall–Kier alpha value is -0.540. The number of unbranched alkanes of at least 4 members (excludes halogenated alkanes) is 3. The summed E-state index contributed by atoms with van der Waals surface area (Å²) in [5.74, 6) is 0.958. The summed E-state index contributed by atoms with van der Waals surface area (Å²) in [6.07, 6.45) is 4.64. The van der Waals surface area contributed by atoms with Gasteiger partial charge < -0.3 is 10.5 Å². The lowest BCUT2D eigenvalue weighted by Crippen LogP contribution is -2.00. The van der Waals surface area contributed by atoms with Crippen LogP contribution in [0.3, 0.4) is 0 Å². The van der Waals surface area contributed by atoms with E-state index in [1.165, 1.54) is 18.4 Å². The molecule has 0 spiro atoms. The number of rotatable bonds is 7. The molecule has 0 heterocycles. The van der Waals surface area contributed by atoms with E-state index in [-0.39, 0.29) is 0 Å². The van der Waals surface area contributed by atoms with Crippen molar-refractivity contribution < 1.29 is 4.74 Å². The Balaban J connectivity index is 2.19. The zero-order valence-corrected chi connectivity index (χ0v) is 11.4. The zero-order chi connectivity index (χ0) is 11.8. The predicted molar refractivity (Wildman–Crippen MR) is 71.9 cm³/mol. The standard InChI is InChI=1S/C13H20BrNO/c1-11-10-12(6-7-13(11)14)16-9-5-3-2-4-8-15/h6-7,10H,2-5,8-9,15H2,1H3. The van der Waals surface area contributed by atoms with Gasteiger partial charge >= 0.3 is 0 Å². The zero-order valence-electron chi connectivity index (χ0n) is 9.84. The molecular formula is C13H20BrNO. The third-order valence-electron chi connectivity index (χ3n) is 2.50. The molecule has 2 nitrogen and oxygen atoms in total. The molecule has 1 aromatic rings. The minimum Gasteiger partial charge on any atom is -0.494 e. The third-order valence-corrected chi connectivity index (χ3v) is 3.39. The molecular weight excluding hydrogens is 266 g/mol.